The normalized spacial score (nSPS) is 10.6. The lowest BCUT2D eigenvalue weighted by Crippen LogP contribution is -2.02. The summed E-state index contributed by atoms with van der Waals surface area (Å²) in [6.45, 7) is 3.06. The Morgan fingerprint density at radius 1 is 1.39 bits per heavy atom. The molecule has 2 aromatic rings. The molecule has 0 radical (unpaired) electrons. The van der Waals surface area contributed by atoms with Crippen LogP contribution in [0.3, 0.4) is 0 Å². The molecule has 2 rings (SSSR count). The maximum atomic E-state index is 5.90. The Morgan fingerprint density at radius 3 is 2.89 bits per heavy atom. The van der Waals surface area contributed by atoms with Gasteiger partial charge in [0.1, 0.15) is 12.0 Å². The molecule has 0 atom stereocenters. The standard InChI is InChI=1S/C13H17N3O2/c1-2-17-12-4-3-9(7-11(12)15)13-16-10(5-6-14)8-18-13/h3-4,7-8H,2,5-6,14-15H2,1H3. The van der Waals surface area contributed by atoms with Crippen molar-refractivity contribution in [1.82, 2.24) is 4.98 Å². The minimum Gasteiger partial charge on any atom is -0.492 e. The number of aromatic nitrogens is 1. The van der Waals surface area contributed by atoms with Gasteiger partial charge in [-0.25, -0.2) is 4.98 Å². The van der Waals surface area contributed by atoms with Gasteiger partial charge in [0.05, 0.1) is 18.0 Å². The number of nitrogens with zero attached hydrogens (tertiary/aromatic N) is 1. The predicted molar refractivity (Wildman–Crippen MR) is 70.3 cm³/mol. The lowest BCUT2D eigenvalue weighted by atomic mass is 10.2. The van der Waals surface area contributed by atoms with Crippen LogP contribution in [0.1, 0.15) is 12.6 Å². The number of hydrogen-bond acceptors (Lipinski definition) is 5. The fourth-order valence-electron chi connectivity index (χ4n) is 1.67. The van der Waals surface area contributed by atoms with Crippen molar-refractivity contribution in [2.75, 3.05) is 18.9 Å². The van der Waals surface area contributed by atoms with E-state index in [9.17, 15) is 0 Å². The molecule has 5 nitrogen and oxygen atoms in total. The van der Waals surface area contributed by atoms with E-state index >= 15 is 0 Å². The van der Waals surface area contributed by atoms with Crippen LogP contribution in [0.2, 0.25) is 0 Å². The average molecular weight is 247 g/mol. The summed E-state index contributed by atoms with van der Waals surface area (Å²) in [7, 11) is 0. The van der Waals surface area contributed by atoms with Crippen LogP contribution in [0.15, 0.2) is 28.9 Å². The Bertz CT molecular complexity index is 523. The minimum atomic E-state index is 0.549. The molecule has 4 N–H and O–H groups in total. The van der Waals surface area contributed by atoms with Crippen molar-refractivity contribution < 1.29 is 9.15 Å². The summed E-state index contributed by atoms with van der Waals surface area (Å²) >= 11 is 0. The SMILES string of the molecule is CCOc1ccc(-c2nc(CCN)co2)cc1N. The first-order chi connectivity index (χ1) is 8.74. The van der Waals surface area contributed by atoms with Crippen molar-refractivity contribution >= 4 is 5.69 Å². The first kappa shape index (κ1) is 12.4. The van der Waals surface area contributed by atoms with E-state index in [2.05, 4.69) is 4.98 Å². The lowest BCUT2D eigenvalue weighted by molar-refractivity contribution is 0.342. The zero-order valence-corrected chi connectivity index (χ0v) is 10.3. The van der Waals surface area contributed by atoms with Crippen molar-refractivity contribution in [3.05, 3.63) is 30.2 Å². The van der Waals surface area contributed by atoms with E-state index in [-0.39, 0.29) is 0 Å². The lowest BCUT2D eigenvalue weighted by Gasteiger charge is -2.07. The number of anilines is 1. The Balaban J connectivity index is 2.24. The summed E-state index contributed by atoms with van der Waals surface area (Å²) < 4.78 is 10.8. The fourth-order valence-corrected chi connectivity index (χ4v) is 1.67. The van der Waals surface area contributed by atoms with Gasteiger partial charge in [0, 0.05) is 12.0 Å². The molecule has 1 heterocycles. The number of nitrogen functional groups attached to an aromatic ring is 1. The van der Waals surface area contributed by atoms with Crippen LogP contribution in [0.25, 0.3) is 11.5 Å². The van der Waals surface area contributed by atoms with Gasteiger partial charge in [0.2, 0.25) is 5.89 Å². The topological polar surface area (TPSA) is 87.3 Å². The fraction of sp³-hybridized carbons (Fsp3) is 0.308. The third kappa shape index (κ3) is 2.62. The highest BCUT2D eigenvalue weighted by molar-refractivity contribution is 5.65. The van der Waals surface area contributed by atoms with E-state index < -0.39 is 0 Å². The Kier molecular flexibility index (Phi) is 3.84. The molecule has 1 aromatic heterocycles. The summed E-state index contributed by atoms with van der Waals surface area (Å²) in [6.07, 6.45) is 2.32. The zero-order valence-electron chi connectivity index (χ0n) is 10.3. The molecule has 0 unspecified atom stereocenters. The monoisotopic (exact) mass is 247 g/mol. The van der Waals surface area contributed by atoms with E-state index in [4.69, 9.17) is 20.6 Å². The molecule has 0 aliphatic carbocycles. The quantitative estimate of drug-likeness (QED) is 0.787. The molecule has 18 heavy (non-hydrogen) atoms. The van der Waals surface area contributed by atoms with E-state index in [1.54, 1.807) is 12.3 Å². The molecule has 0 amide bonds. The van der Waals surface area contributed by atoms with Gasteiger partial charge in [-0.2, -0.15) is 0 Å². The van der Waals surface area contributed by atoms with Crippen molar-refractivity contribution in [2.45, 2.75) is 13.3 Å². The van der Waals surface area contributed by atoms with Crippen LogP contribution in [0.5, 0.6) is 5.75 Å². The van der Waals surface area contributed by atoms with Gasteiger partial charge in [-0.3, -0.25) is 0 Å². The second-order valence-electron chi connectivity index (χ2n) is 3.87. The number of oxazole rings is 1. The number of nitrogens with two attached hydrogens (primary N) is 2. The van der Waals surface area contributed by atoms with Gasteiger partial charge in [-0.1, -0.05) is 0 Å². The number of hydrogen-bond donors (Lipinski definition) is 2. The van der Waals surface area contributed by atoms with Crippen LogP contribution in [0, 0.1) is 0 Å². The number of ether oxygens (including phenoxy) is 1. The summed E-state index contributed by atoms with van der Waals surface area (Å²) in [4.78, 5) is 4.34. The van der Waals surface area contributed by atoms with Crippen LogP contribution >= 0.6 is 0 Å². The molecular weight excluding hydrogens is 230 g/mol. The Hall–Kier alpha value is -2.01. The van der Waals surface area contributed by atoms with Gasteiger partial charge < -0.3 is 20.6 Å². The third-order valence-corrected chi connectivity index (χ3v) is 2.51. The molecule has 0 aliphatic heterocycles. The van der Waals surface area contributed by atoms with Crippen LogP contribution in [0.4, 0.5) is 5.69 Å². The summed E-state index contributed by atoms with van der Waals surface area (Å²) in [5.74, 6) is 1.23. The first-order valence-electron chi connectivity index (χ1n) is 5.91. The summed E-state index contributed by atoms with van der Waals surface area (Å²) in [5, 5.41) is 0. The molecule has 0 saturated heterocycles. The molecule has 0 aliphatic rings. The molecule has 1 aromatic carbocycles. The Labute approximate surface area is 106 Å². The van der Waals surface area contributed by atoms with E-state index in [0.717, 1.165) is 11.3 Å². The third-order valence-electron chi connectivity index (χ3n) is 2.51. The molecule has 0 saturated carbocycles. The summed E-state index contributed by atoms with van der Waals surface area (Å²) in [5.41, 5.74) is 13.6. The summed E-state index contributed by atoms with van der Waals surface area (Å²) in [6, 6.07) is 5.49. The smallest absolute Gasteiger partial charge is 0.226 e. The van der Waals surface area contributed by atoms with Crippen molar-refractivity contribution in [1.29, 1.82) is 0 Å². The van der Waals surface area contributed by atoms with Crippen molar-refractivity contribution in [2.24, 2.45) is 5.73 Å². The zero-order chi connectivity index (χ0) is 13.0. The number of benzene rings is 1. The maximum Gasteiger partial charge on any atom is 0.226 e. The van der Waals surface area contributed by atoms with Gasteiger partial charge in [-0.05, 0) is 31.7 Å². The molecule has 96 valence electrons. The molecule has 0 bridgehead atoms. The van der Waals surface area contributed by atoms with Gasteiger partial charge >= 0.3 is 0 Å². The van der Waals surface area contributed by atoms with Crippen LogP contribution in [-0.2, 0) is 6.42 Å². The predicted octanol–water partition coefficient (Wildman–Crippen LogP) is 1.82. The Morgan fingerprint density at radius 2 is 2.22 bits per heavy atom. The van der Waals surface area contributed by atoms with Gasteiger partial charge in [0.25, 0.3) is 0 Å². The molecule has 0 fully saturated rings. The molecule has 5 heteroatoms. The molecular formula is C13H17N3O2. The second kappa shape index (κ2) is 5.55. The van der Waals surface area contributed by atoms with E-state index in [1.807, 2.05) is 19.1 Å². The van der Waals surface area contributed by atoms with Crippen LogP contribution < -0.4 is 16.2 Å². The highest BCUT2D eigenvalue weighted by Crippen LogP contribution is 2.28. The first-order valence-corrected chi connectivity index (χ1v) is 5.91. The van der Waals surface area contributed by atoms with Gasteiger partial charge in [-0.15, -0.1) is 0 Å². The van der Waals surface area contributed by atoms with Crippen molar-refractivity contribution in [3.63, 3.8) is 0 Å². The van der Waals surface area contributed by atoms with E-state index in [1.165, 1.54) is 0 Å². The van der Waals surface area contributed by atoms with Crippen molar-refractivity contribution in [3.8, 4) is 17.2 Å². The minimum absolute atomic E-state index is 0.549. The van der Waals surface area contributed by atoms with E-state index in [0.29, 0.717) is 36.9 Å². The molecule has 0 spiro atoms. The largest absolute Gasteiger partial charge is 0.492 e. The second-order valence-corrected chi connectivity index (χ2v) is 3.87. The average Bonchev–Trinajstić information content (AvgIpc) is 2.81. The highest BCUT2D eigenvalue weighted by atomic mass is 16.5. The number of rotatable bonds is 5. The van der Waals surface area contributed by atoms with Crippen LogP contribution in [-0.4, -0.2) is 18.1 Å². The highest BCUT2D eigenvalue weighted by Gasteiger charge is 2.09. The van der Waals surface area contributed by atoms with Gasteiger partial charge in [0.15, 0.2) is 0 Å². The maximum absolute atomic E-state index is 5.90.